The van der Waals surface area contributed by atoms with Crippen LogP contribution in [0.15, 0.2) is 12.3 Å². The summed E-state index contributed by atoms with van der Waals surface area (Å²) in [6.07, 6.45) is 2.18. The van der Waals surface area contributed by atoms with Crippen LogP contribution in [-0.4, -0.2) is 18.1 Å². The van der Waals surface area contributed by atoms with E-state index in [1.165, 1.54) is 12.3 Å². The minimum Gasteiger partial charge on any atom is -0.477 e. The van der Waals surface area contributed by atoms with E-state index in [9.17, 15) is 4.39 Å². The molecule has 0 aliphatic heterocycles. The number of aromatic nitrogens is 1. The summed E-state index contributed by atoms with van der Waals surface area (Å²) in [4.78, 5) is 4.04. The molecule has 1 rings (SSSR count). The molecular weight excluding hydrogens is 243 g/mol. The quantitative estimate of drug-likeness (QED) is 0.784. The largest absolute Gasteiger partial charge is 0.477 e. The summed E-state index contributed by atoms with van der Waals surface area (Å²) in [7, 11) is 0. The second-order valence-electron chi connectivity index (χ2n) is 5.67. The van der Waals surface area contributed by atoms with Crippen molar-refractivity contribution >= 4 is 0 Å². The number of hydrogen-bond acceptors (Lipinski definition) is 3. The maximum absolute atomic E-state index is 13.2. The lowest BCUT2D eigenvalue weighted by atomic mass is 10.1. The molecule has 0 spiro atoms. The van der Waals surface area contributed by atoms with Crippen LogP contribution in [0.1, 0.15) is 39.7 Å². The van der Waals surface area contributed by atoms with Crippen molar-refractivity contribution in [2.24, 2.45) is 11.8 Å². The Morgan fingerprint density at radius 2 is 2.00 bits per heavy atom. The maximum atomic E-state index is 13.2. The fourth-order valence-electron chi connectivity index (χ4n) is 1.61. The van der Waals surface area contributed by atoms with Crippen molar-refractivity contribution in [1.82, 2.24) is 10.3 Å². The van der Waals surface area contributed by atoms with Gasteiger partial charge in [-0.2, -0.15) is 0 Å². The molecule has 1 aromatic heterocycles. The highest BCUT2D eigenvalue weighted by atomic mass is 19.1. The lowest BCUT2D eigenvalue weighted by Gasteiger charge is -2.13. The van der Waals surface area contributed by atoms with Crippen LogP contribution in [0.4, 0.5) is 4.39 Å². The second-order valence-corrected chi connectivity index (χ2v) is 5.67. The molecule has 0 radical (unpaired) electrons. The third kappa shape index (κ3) is 6.53. The molecule has 0 atom stereocenters. The van der Waals surface area contributed by atoms with Gasteiger partial charge < -0.3 is 10.1 Å². The van der Waals surface area contributed by atoms with Gasteiger partial charge in [0.1, 0.15) is 5.82 Å². The van der Waals surface area contributed by atoms with Crippen LogP contribution in [0.25, 0.3) is 0 Å². The molecule has 0 unspecified atom stereocenters. The lowest BCUT2D eigenvalue weighted by molar-refractivity contribution is 0.275. The highest BCUT2D eigenvalue weighted by Gasteiger charge is 2.08. The molecule has 108 valence electrons. The van der Waals surface area contributed by atoms with Crippen LogP contribution >= 0.6 is 0 Å². The Bertz CT molecular complexity index is 380. The summed E-state index contributed by atoms with van der Waals surface area (Å²) >= 11 is 0. The van der Waals surface area contributed by atoms with E-state index < -0.39 is 0 Å². The summed E-state index contributed by atoms with van der Waals surface area (Å²) in [5, 5.41) is 3.28. The molecule has 1 heterocycles. The summed E-state index contributed by atoms with van der Waals surface area (Å²) in [6, 6.07) is 1.49. The van der Waals surface area contributed by atoms with Gasteiger partial charge in [0.05, 0.1) is 12.8 Å². The fourth-order valence-corrected chi connectivity index (χ4v) is 1.61. The van der Waals surface area contributed by atoms with Crippen molar-refractivity contribution < 1.29 is 9.13 Å². The van der Waals surface area contributed by atoms with Crippen LogP contribution in [0.3, 0.4) is 0 Å². The van der Waals surface area contributed by atoms with Crippen molar-refractivity contribution in [2.45, 2.75) is 40.7 Å². The molecule has 0 amide bonds. The molecule has 19 heavy (non-hydrogen) atoms. The Labute approximate surface area is 115 Å². The van der Waals surface area contributed by atoms with E-state index >= 15 is 0 Å². The van der Waals surface area contributed by atoms with Crippen LogP contribution in [0.5, 0.6) is 5.88 Å². The molecule has 1 aromatic rings. The van der Waals surface area contributed by atoms with Crippen LogP contribution < -0.4 is 10.1 Å². The number of halogens is 1. The van der Waals surface area contributed by atoms with Gasteiger partial charge in [0.15, 0.2) is 0 Å². The molecule has 0 bridgehead atoms. The monoisotopic (exact) mass is 268 g/mol. The molecule has 0 aliphatic rings. The average molecular weight is 268 g/mol. The Balaban J connectivity index is 2.58. The smallest absolute Gasteiger partial charge is 0.218 e. The fraction of sp³-hybridized carbons (Fsp3) is 0.667. The normalized spacial score (nSPS) is 11.3. The molecule has 0 saturated heterocycles. The van der Waals surface area contributed by atoms with Crippen molar-refractivity contribution in [3.63, 3.8) is 0 Å². The minimum atomic E-state index is -0.322. The number of ether oxygens (including phenoxy) is 1. The van der Waals surface area contributed by atoms with Gasteiger partial charge in [-0.1, -0.05) is 27.7 Å². The topological polar surface area (TPSA) is 34.1 Å². The third-order valence-electron chi connectivity index (χ3n) is 2.69. The van der Waals surface area contributed by atoms with Gasteiger partial charge in [-0.15, -0.1) is 0 Å². The number of rotatable bonds is 8. The van der Waals surface area contributed by atoms with E-state index in [0.29, 0.717) is 30.9 Å². The van der Waals surface area contributed by atoms with Crippen LogP contribution in [-0.2, 0) is 6.54 Å². The lowest BCUT2D eigenvalue weighted by Crippen LogP contribution is -2.20. The molecule has 0 aromatic carbocycles. The zero-order valence-electron chi connectivity index (χ0n) is 12.4. The van der Waals surface area contributed by atoms with Crippen LogP contribution in [0.2, 0.25) is 0 Å². The van der Waals surface area contributed by atoms with Crippen molar-refractivity contribution in [3.05, 3.63) is 23.6 Å². The highest BCUT2D eigenvalue weighted by Crippen LogP contribution is 2.17. The van der Waals surface area contributed by atoms with Crippen molar-refractivity contribution in [2.75, 3.05) is 13.2 Å². The second kappa shape index (κ2) is 8.10. The maximum Gasteiger partial charge on any atom is 0.218 e. The van der Waals surface area contributed by atoms with Gasteiger partial charge in [-0.05, 0) is 30.9 Å². The number of nitrogens with zero attached hydrogens (tertiary/aromatic N) is 1. The predicted octanol–water partition coefficient (Wildman–Crippen LogP) is 3.39. The van der Waals surface area contributed by atoms with E-state index in [-0.39, 0.29) is 5.82 Å². The molecular formula is C15H25FN2O. The van der Waals surface area contributed by atoms with E-state index in [1.807, 2.05) is 0 Å². The minimum absolute atomic E-state index is 0.322. The molecule has 1 N–H and O–H groups in total. The number of hydrogen-bond donors (Lipinski definition) is 1. The van der Waals surface area contributed by atoms with Gasteiger partial charge in [0.2, 0.25) is 5.88 Å². The third-order valence-corrected chi connectivity index (χ3v) is 2.69. The predicted molar refractivity (Wildman–Crippen MR) is 75.7 cm³/mol. The molecule has 0 saturated carbocycles. The number of pyridine rings is 1. The summed E-state index contributed by atoms with van der Waals surface area (Å²) in [5.74, 6) is 1.37. The van der Waals surface area contributed by atoms with E-state index in [0.717, 1.165) is 18.5 Å². The molecule has 4 heteroatoms. The van der Waals surface area contributed by atoms with Gasteiger partial charge in [0.25, 0.3) is 0 Å². The summed E-state index contributed by atoms with van der Waals surface area (Å²) < 4.78 is 18.9. The standard InChI is InChI=1S/C15H25FN2O/c1-11(2)5-6-19-15-13(7-14(16)10-18-15)9-17-8-12(3)4/h7,10-12,17H,5-6,8-9H2,1-4H3. The van der Waals surface area contributed by atoms with E-state index in [4.69, 9.17) is 4.74 Å². The van der Waals surface area contributed by atoms with Gasteiger partial charge >= 0.3 is 0 Å². The molecule has 3 nitrogen and oxygen atoms in total. The average Bonchev–Trinajstić information content (AvgIpc) is 2.31. The first-order valence-corrected chi connectivity index (χ1v) is 6.97. The molecule has 0 fully saturated rings. The zero-order chi connectivity index (χ0) is 14.3. The first kappa shape index (κ1) is 15.9. The Morgan fingerprint density at radius 1 is 1.26 bits per heavy atom. The SMILES string of the molecule is CC(C)CCOc1ncc(F)cc1CNCC(C)C. The molecule has 0 aliphatic carbocycles. The van der Waals surface area contributed by atoms with E-state index in [1.54, 1.807) is 0 Å². The van der Waals surface area contributed by atoms with Gasteiger partial charge in [0, 0.05) is 12.1 Å². The Kier molecular flexibility index (Phi) is 6.78. The van der Waals surface area contributed by atoms with E-state index in [2.05, 4.69) is 38.0 Å². The Morgan fingerprint density at radius 3 is 2.63 bits per heavy atom. The summed E-state index contributed by atoms with van der Waals surface area (Å²) in [6.45, 7) is 10.7. The first-order valence-electron chi connectivity index (χ1n) is 6.97. The Hall–Kier alpha value is -1.16. The zero-order valence-corrected chi connectivity index (χ0v) is 12.4. The summed E-state index contributed by atoms with van der Waals surface area (Å²) in [5.41, 5.74) is 0.782. The van der Waals surface area contributed by atoms with Crippen molar-refractivity contribution in [3.8, 4) is 5.88 Å². The van der Waals surface area contributed by atoms with Crippen molar-refractivity contribution in [1.29, 1.82) is 0 Å². The van der Waals surface area contributed by atoms with Gasteiger partial charge in [-0.3, -0.25) is 0 Å². The van der Waals surface area contributed by atoms with Gasteiger partial charge in [-0.25, -0.2) is 9.37 Å². The van der Waals surface area contributed by atoms with Crippen LogP contribution in [0, 0.1) is 17.7 Å². The number of nitrogens with one attached hydrogen (secondary N) is 1. The highest BCUT2D eigenvalue weighted by molar-refractivity contribution is 5.26. The first-order chi connectivity index (χ1) is 8.99.